The highest BCUT2D eigenvalue weighted by Crippen LogP contribution is 2.43. The summed E-state index contributed by atoms with van der Waals surface area (Å²) in [6, 6.07) is 0.478. The Bertz CT molecular complexity index is 241. The van der Waals surface area contributed by atoms with E-state index >= 15 is 0 Å². The number of hydrogen-bond acceptors (Lipinski definition) is 3. The maximum atomic E-state index is 9.51. The van der Waals surface area contributed by atoms with E-state index in [4.69, 9.17) is 4.74 Å². The summed E-state index contributed by atoms with van der Waals surface area (Å²) in [7, 11) is 1.74. The molecule has 0 aromatic rings. The number of aliphatic hydroxyl groups excluding tert-OH is 1. The zero-order valence-electron chi connectivity index (χ0n) is 8.83. The van der Waals surface area contributed by atoms with E-state index in [2.05, 4.69) is 11.5 Å². The summed E-state index contributed by atoms with van der Waals surface area (Å²) in [6.45, 7) is 6.00. The van der Waals surface area contributed by atoms with Gasteiger partial charge < -0.3 is 9.84 Å². The van der Waals surface area contributed by atoms with Crippen molar-refractivity contribution >= 4 is 0 Å². The van der Waals surface area contributed by atoms with Gasteiger partial charge in [-0.1, -0.05) is 12.2 Å². The molecule has 0 aromatic carbocycles. The maximum absolute atomic E-state index is 9.51. The number of aliphatic hydroxyl groups is 1. The van der Waals surface area contributed by atoms with E-state index in [1.54, 1.807) is 7.11 Å². The minimum Gasteiger partial charge on any atom is -0.394 e. The van der Waals surface area contributed by atoms with Gasteiger partial charge in [-0.05, 0) is 19.3 Å². The normalized spacial score (nSPS) is 37.9. The average molecular weight is 197 g/mol. The Morgan fingerprint density at radius 1 is 1.71 bits per heavy atom. The van der Waals surface area contributed by atoms with Gasteiger partial charge in [-0.25, -0.2) is 0 Å². The molecule has 0 amide bonds. The number of methoxy groups -OCH3 is 1. The molecule has 2 saturated heterocycles. The third kappa shape index (κ3) is 1.40. The number of ether oxygens (including phenoxy) is 1. The van der Waals surface area contributed by atoms with Gasteiger partial charge in [0.25, 0.3) is 0 Å². The summed E-state index contributed by atoms with van der Waals surface area (Å²) in [5, 5.41) is 9.51. The van der Waals surface area contributed by atoms with Crippen LogP contribution in [0.4, 0.5) is 0 Å². The smallest absolute Gasteiger partial charge is 0.0618 e. The van der Waals surface area contributed by atoms with Crippen molar-refractivity contribution in [2.75, 3.05) is 26.9 Å². The van der Waals surface area contributed by atoms with E-state index in [-0.39, 0.29) is 12.1 Å². The lowest BCUT2D eigenvalue weighted by Gasteiger charge is -2.32. The molecule has 0 saturated carbocycles. The van der Waals surface area contributed by atoms with Gasteiger partial charge in [-0.2, -0.15) is 0 Å². The summed E-state index contributed by atoms with van der Waals surface area (Å²) in [6.07, 6.45) is 3.18. The highest BCUT2D eigenvalue weighted by Gasteiger charge is 2.49. The summed E-state index contributed by atoms with van der Waals surface area (Å²) < 4.78 is 5.21. The fourth-order valence-electron chi connectivity index (χ4n) is 2.96. The van der Waals surface area contributed by atoms with Crippen molar-refractivity contribution in [3.8, 4) is 0 Å². The van der Waals surface area contributed by atoms with Crippen molar-refractivity contribution in [1.82, 2.24) is 4.90 Å². The molecule has 2 atom stereocenters. The molecule has 80 valence electrons. The maximum Gasteiger partial charge on any atom is 0.0618 e. The molecular formula is C11H19NO2. The second kappa shape index (κ2) is 3.65. The van der Waals surface area contributed by atoms with Crippen LogP contribution in [0.2, 0.25) is 0 Å². The summed E-state index contributed by atoms with van der Waals surface area (Å²) in [5.41, 5.74) is 1.25. The van der Waals surface area contributed by atoms with Crippen LogP contribution in [0.3, 0.4) is 0 Å². The van der Waals surface area contributed by atoms with Gasteiger partial charge in [0.15, 0.2) is 0 Å². The van der Waals surface area contributed by atoms with Crippen LogP contribution < -0.4 is 0 Å². The first-order chi connectivity index (χ1) is 6.72. The average Bonchev–Trinajstić information content (AvgIpc) is 2.64. The van der Waals surface area contributed by atoms with Gasteiger partial charge in [0.2, 0.25) is 0 Å². The van der Waals surface area contributed by atoms with E-state index in [0.717, 1.165) is 32.4 Å². The molecule has 0 spiro atoms. The second-order valence-electron chi connectivity index (χ2n) is 4.58. The van der Waals surface area contributed by atoms with Crippen LogP contribution in [0.1, 0.15) is 19.3 Å². The summed E-state index contributed by atoms with van der Waals surface area (Å²) in [4.78, 5) is 2.39. The van der Waals surface area contributed by atoms with Crippen LogP contribution in [-0.4, -0.2) is 48.5 Å². The fourth-order valence-corrected chi connectivity index (χ4v) is 2.96. The van der Waals surface area contributed by atoms with Crippen molar-refractivity contribution in [2.24, 2.45) is 0 Å². The quantitative estimate of drug-likeness (QED) is 0.679. The van der Waals surface area contributed by atoms with Crippen LogP contribution in [0.15, 0.2) is 12.2 Å². The van der Waals surface area contributed by atoms with Crippen LogP contribution in [0.25, 0.3) is 0 Å². The van der Waals surface area contributed by atoms with E-state index in [1.165, 1.54) is 5.57 Å². The van der Waals surface area contributed by atoms with Gasteiger partial charge in [0.1, 0.15) is 0 Å². The molecule has 0 aliphatic carbocycles. The first-order valence-corrected chi connectivity index (χ1v) is 5.25. The zero-order chi connectivity index (χ0) is 10.2. The fraction of sp³-hybridized carbons (Fsp3) is 0.818. The molecule has 1 N–H and O–H groups in total. The minimum atomic E-state index is 0.000278. The van der Waals surface area contributed by atoms with Crippen LogP contribution in [0.5, 0.6) is 0 Å². The van der Waals surface area contributed by atoms with Crippen LogP contribution >= 0.6 is 0 Å². The van der Waals surface area contributed by atoms with E-state index in [1.807, 2.05) is 0 Å². The van der Waals surface area contributed by atoms with Crippen molar-refractivity contribution in [3.05, 3.63) is 12.2 Å². The topological polar surface area (TPSA) is 32.7 Å². The molecule has 14 heavy (non-hydrogen) atoms. The Morgan fingerprint density at radius 2 is 2.50 bits per heavy atom. The van der Waals surface area contributed by atoms with Crippen molar-refractivity contribution in [3.63, 3.8) is 0 Å². The predicted octanol–water partition coefficient (Wildman–Crippen LogP) is 0.788. The molecule has 0 bridgehead atoms. The summed E-state index contributed by atoms with van der Waals surface area (Å²) in [5.74, 6) is 0. The summed E-state index contributed by atoms with van der Waals surface area (Å²) >= 11 is 0. The first kappa shape index (κ1) is 10.1. The molecule has 0 radical (unpaired) electrons. The van der Waals surface area contributed by atoms with Gasteiger partial charge >= 0.3 is 0 Å². The lowest BCUT2D eigenvalue weighted by Crippen LogP contribution is -2.46. The van der Waals surface area contributed by atoms with Gasteiger partial charge in [0.05, 0.1) is 13.2 Å². The molecular weight excluding hydrogens is 178 g/mol. The Balaban J connectivity index is 2.13. The van der Waals surface area contributed by atoms with Crippen LogP contribution in [0, 0.1) is 0 Å². The molecule has 2 aliphatic heterocycles. The largest absolute Gasteiger partial charge is 0.394 e. The van der Waals surface area contributed by atoms with Gasteiger partial charge in [-0.3, -0.25) is 4.90 Å². The monoisotopic (exact) mass is 197 g/mol. The molecule has 3 nitrogen and oxygen atoms in total. The second-order valence-corrected chi connectivity index (χ2v) is 4.58. The number of hydrogen-bond donors (Lipinski definition) is 1. The van der Waals surface area contributed by atoms with Crippen molar-refractivity contribution in [2.45, 2.75) is 30.8 Å². The Morgan fingerprint density at radius 3 is 3.14 bits per heavy atom. The van der Waals surface area contributed by atoms with Crippen molar-refractivity contribution in [1.29, 1.82) is 0 Å². The van der Waals surface area contributed by atoms with Gasteiger partial charge in [-0.15, -0.1) is 0 Å². The van der Waals surface area contributed by atoms with Crippen molar-refractivity contribution < 1.29 is 9.84 Å². The van der Waals surface area contributed by atoms with Gasteiger partial charge in [0, 0.05) is 25.2 Å². The molecule has 3 heteroatoms. The van der Waals surface area contributed by atoms with E-state index in [0.29, 0.717) is 6.04 Å². The molecule has 2 heterocycles. The molecule has 2 rings (SSSR count). The Hall–Kier alpha value is -0.380. The molecule has 1 unspecified atom stereocenters. The minimum absolute atomic E-state index is 0.000278. The highest BCUT2D eigenvalue weighted by molar-refractivity contribution is 5.19. The zero-order valence-corrected chi connectivity index (χ0v) is 8.83. The lowest BCUT2D eigenvalue weighted by molar-refractivity contribution is 0.0477. The molecule has 2 aliphatic rings. The highest BCUT2D eigenvalue weighted by atomic mass is 16.5. The van der Waals surface area contributed by atoms with E-state index < -0.39 is 0 Å². The number of nitrogens with zero attached hydrogens (tertiary/aromatic N) is 1. The SMILES string of the molecule is C=C1CN2C(COC)CC[C@]2(CO)C1. The third-order valence-corrected chi connectivity index (χ3v) is 3.62. The lowest BCUT2D eigenvalue weighted by atomic mass is 9.94. The Labute approximate surface area is 85.4 Å². The molecule has 2 fully saturated rings. The Kier molecular flexibility index (Phi) is 2.64. The first-order valence-electron chi connectivity index (χ1n) is 5.25. The number of fused-ring (bicyclic) bond motifs is 1. The number of rotatable bonds is 3. The third-order valence-electron chi connectivity index (χ3n) is 3.62. The van der Waals surface area contributed by atoms with Crippen LogP contribution in [-0.2, 0) is 4.74 Å². The standard InChI is InChI=1S/C11H19NO2/c1-9-5-11(8-13)4-3-10(7-14-2)12(11)6-9/h10,13H,1,3-8H2,2H3/t10?,11-/m1/s1. The van der Waals surface area contributed by atoms with E-state index in [9.17, 15) is 5.11 Å². The molecule has 0 aromatic heterocycles. The predicted molar refractivity (Wildman–Crippen MR) is 55.2 cm³/mol.